The van der Waals surface area contributed by atoms with Gasteiger partial charge in [0, 0.05) is 24.5 Å². The van der Waals surface area contributed by atoms with Crippen LogP contribution in [0.1, 0.15) is 11.3 Å². The van der Waals surface area contributed by atoms with Gasteiger partial charge in [0.15, 0.2) is 0 Å². The van der Waals surface area contributed by atoms with Crippen LogP contribution < -0.4 is 11.1 Å². The van der Waals surface area contributed by atoms with E-state index in [-0.39, 0.29) is 11.1 Å². The molecule has 0 unspecified atom stereocenters. The van der Waals surface area contributed by atoms with E-state index in [1.165, 1.54) is 10.7 Å². The standard InChI is InChI=1S/C15H15N3O2/c1-9-4-6-11(7-5-9)18-10(2)14-12(8-13(18)19)16-17(3)15(14)20/h4-8,16H,1-3H3. The molecule has 0 atom stereocenters. The van der Waals surface area contributed by atoms with Crippen molar-refractivity contribution in [1.82, 2.24) is 14.3 Å². The first-order chi connectivity index (χ1) is 9.49. The van der Waals surface area contributed by atoms with Crippen molar-refractivity contribution in [3.8, 4) is 5.69 Å². The van der Waals surface area contributed by atoms with Crippen LogP contribution in [0.5, 0.6) is 0 Å². The molecule has 0 saturated carbocycles. The maximum Gasteiger partial charge on any atom is 0.275 e. The van der Waals surface area contributed by atoms with E-state index in [0.29, 0.717) is 16.6 Å². The predicted molar refractivity (Wildman–Crippen MR) is 78.6 cm³/mol. The Morgan fingerprint density at radius 2 is 1.70 bits per heavy atom. The normalized spacial score (nSPS) is 11.2. The third kappa shape index (κ3) is 1.71. The molecule has 0 saturated heterocycles. The number of aromatic nitrogens is 3. The largest absolute Gasteiger partial charge is 0.295 e. The number of rotatable bonds is 1. The Balaban J connectivity index is 2.42. The van der Waals surface area contributed by atoms with Crippen LogP contribution in [-0.2, 0) is 7.05 Å². The van der Waals surface area contributed by atoms with Crippen molar-refractivity contribution in [2.45, 2.75) is 13.8 Å². The van der Waals surface area contributed by atoms with Crippen LogP contribution in [0.2, 0.25) is 0 Å². The van der Waals surface area contributed by atoms with E-state index in [1.807, 2.05) is 31.2 Å². The second-order valence-electron chi connectivity index (χ2n) is 5.00. The molecule has 0 aliphatic carbocycles. The molecule has 5 heteroatoms. The number of hydrogen-bond acceptors (Lipinski definition) is 2. The van der Waals surface area contributed by atoms with Crippen molar-refractivity contribution in [1.29, 1.82) is 0 Å². The lowest BCUT2D eigenvalue weighted by Crippen LogP contribution is -2.21. The smallest absolute Gasteiger partial charge is 0.275 e. The van der Waals surface area contributed by atoms with E-state index < -0.39 is 0 Å². The first kappa shape index (κ1) is 12.5. The zero-order valence-electron chi connectivity index (χ0n) is 11.6. The van der Waals surface area contributed by atoms with E-state index in [2.05, 4.69) is 5.10 Å². The minimum atomic E-state index is -0.152. The molecule has 0 aliphatic rings. The fourth-order valence-corrected chi connectivity index (χ4v) is 2.50. The Labute approximate surface area is 115 Å². The molecule has 2 aromatic heterocycles. The Kier molecular flexibility index (Phi) is 2.64. The molecule has 0 amide bonds. The van der Waals surface area contributed by atoms with Crippen LogP contribution in [0, 0.1) is 13.8 Å². The summed E-state index contributed by atoms with van der Waals surface area (Å²) < 4.78 is 2.95. The summed E-state index contributed by atoms with van der Waals surface area (Å²) in [6.45, 7) is 3.78. The molecular formula is C15H15N3O2. The molecule has 1 N–H and O–H groups in total. The quantitative estimate of drug-likeness (QED) is 0.730. The van der Waals surface area contributed by atoms with Gasteiger partial charge >= 0.3 is 0 Å². The molecular weight excluding hydrogens is 254 g/mol. The van der Waals surface area contributed by atoms with E-state index in [1.54, 1.807) is 18.5 Å². The Morgan fingerprint density at radius 1 is 1.05 bits per heavy atom. The lowest BCUT2D eigenvalue weighted by molar-refractivity contribution is 0.751. The Bertz CT molecular complexity index is 911. The van der Waals surface area contributed by atoms with Crippen molar-refractivity contribution in [2.75, 3.05) is 0 Å². The first-order valence-corrected chi connectivity index (χ1v) is 6.37. The third-order valence-electron chi connectivity index (χ3n) is 3.55. The monoisotopic (exact) mass is 269 g/mol. The fourth-order valence-electron chi connectivity index (χ4n) is 2.50. The van der Waals surface area contributed by atoms with Crippen molar-refractivity contribution < 1.29 is 0 Å². The van der Waals surface area contributed by atoms with Gasteiger partial charge in [-0.1, -0.05) is 17.7 Å². The average molecular weight is 269 g/mol. The molecule has 3 aromatic rings. The van der Waals surface area contributed by atoms with Gasteiger partial charge in [0.2, 0.25) is 0 Å². The lowest BCUT2D eigenvalue weighted by Gasteiger charge is -2.10. The second kappa shape index (κ2) is 4.23. The van der Waals surface area contributed by atoms with Crippen molar-refractivity contribution >= 4 is 10.9 Å². The number of nitrogens with zero attached hydrogens (tertiary/aromatic N) is 2. The number of H-pyrrole nitrogens is 1. The highest BCUT2D eigenvalue weighted by molar-refractivity contribution is 5.80. The molecule has 5 nitrogen and oxygen atoms in total. The number of pyridine rings is 1. The summed E-state index contributed by atoms with van der Waals surface area (Å²) in [6.07, 6.45) is 0. The average Bonchev–Trinajstić information content (AvgIpc) is 2.67. The van der Waals surface area contributed by atoms with Crippen LogP contribution in [-0.4, -0.2) is 14.3 Å². The fraction of sp³-hybridized carbons (Fsp3) is 0.200. The van der Waals surface area contributed by atoms with Crippen LogP contribution in [0.3, 0.4) is 0 Å². The highest BCUT2D eigenvalue weighted by Gasteiger charge is 2.13. The first-order valence-electron chi connectivity index (χ1n) is 6.37. The number of nitrogens with one attached hydrogen (secondary N) is 1. The topological polar surface area (TPSA) is 59.8 Å². The van der Waals surface area contributed by atoms with Gasteiger partial charge in [-0.3, -0.25) is 23.9 Å². The highest BCUT2D eigenvalue weighted by Crippen LogP contribution is 2.15. The van der Waals surface area contributed by atoms with E-state index in [0.717, 1.165) is 11.3 Å². The lowest BCUT2D eigenvalue weighted by atomic mass is 10.2. The van der Waals surface area contributed by atoms with Crippen molar-refractivity contribution in [3.63, 3.8) is 0 Å². The zero-order valence-corrected chi connectivity index (χ0v) is 11.6. The number of benzene rings is 1. The summed E-state index contributed by atoms with van der Waals surface area (Å²) in [5.74, 6) is 0. The minimum Gasteiger partial charge on any atom is -0.295 e. The van der Waals surface area contributed by atoms with Crippen molar-refractivity contribution in [2.24, 2.45) is 7.05 Å². The van der Waals surface area contributed by atoms with Crippen LogP contribution in [0.25, 0.3) is 16.6 Å². The van der Waals surface area contributed by atoms with Gasteiger partial charge in [0.25, 0.3) is 11.1 Å². The summed E-state index contributed by atoms with van der Waals surface area (Å²) in [4.78, 5) is 24.4. The van der Waals surface area contributed by atoms with Gasteiger partial charge in [-0.25, -0.2) is 0 Å². The molecule has 0 aliphatic heterocycles. The molecule has 0 fully saturated rings. The molecule has 20 heavy (non-hydrogen) atoms. The van der Waals surface area contributed by atoms with Crippen molar-refractivity contribution in [3.05, 3.63) is 62.3 Å². The molecule has 2 heterocycles. The maximum atomic E-state index is 12.3. The molecule has 1 aromatic carbocycles. The summed E-state index contributed by atoms with van der Waals surface area (Å²) >= 11 is 0. The van der Waals surface area contributed by atoms with E-state index in [4.69, 9.17) is 0 Å². The number of aromatic amines is 1. The van der Waals surface area contributed by atoms with Gasteiger partial charge in [0.1, 0.15) is 0 Å². The van der Waals surface area contributed by atoms with Gasteiger partial charge in [-0.15, -0.1) is 0 Å². The molecule has 0 bridgehead atoms. The van der Waals surface area contributed by atoms with Gasteiger partial charge < -0.3 is 0 Å². The SMILES string of the molecule is Cc1ccc(-n2c(C)c3c(=O)n(C)[nH]c3cc2=O)cc1. The number of hydrogen-bond donors (Lipinski definition) is 1. The van der Waals surface area contributed by atoms with Gasteiger partial charge in [-0.2, -0.15) is 0 Å². The highest BCUT2D eigenvalue weighted by atomic mass is 16.1. The van der Waals surface area contributed by atoms with Gasteiger partial charge in [-0.05, 0) is 26.0 Å². The van der Waals surface area contributed by atoms with E-state index in [9.17, 15) is 9.59 Å². The molecule has 102 valence electrons. The van der Waals surface area contributed by atoms with Crippen LogP contribution in [0.15, 0.2) is 39.9 Å². The number of fused-ring (bicyclic) bond motifs is 1. The molecule has 0 radical (unpaired) electrons. The Morgan fingerprint density at radius 3 is 2.35 bits per heavy atom. The zero-order chi connectivity index (χ0) is 14.4. The van der Waals surface area contributed by atoms with E-state index >= 15 is 0 Å². The van der Waals surface area contributed by atoms with Crippen LogP contribution in [0.4, 0.5) is 0 Å². The summed E-state index contributed by atoms with van der Waals surface area (Å²) in [5, 5.41) is 3.44. The summed E-state index contributed by atoms with van der Waals surface area (Å²) in [7, 11) is 1.64. The minimum absolute atomic E-state index is 0.127. The summed E-state index contributed by atoms with van der Waals surface area (Å²) in [5.41, 5.74) is 2.84. The third-order valence-corrected chi connectivity index (χ3v) is 3.55. The molecule has 0 spiro atoms. The molecule has 3 rings (SSSR count). The van der Waals surface area contributed by atoms with Crippen LogP contribution >= 0.6 is 0 Å². The second-order valence-corrected chi connectivity index (χ2v) is 5.00. The Hall–Kier alpha value is -2.56. The van der Waals surface area contributed by atoms with Gasteiger partial charge in [0.05, 0.1) is 10.9 Å². The summed E-state index contributed by atoms with van der Waals surface area (Å²) in [6, 6.07) is 9.12. The predicted octanol–water partition coefficient (Wildman–Crippen LogP) is 1.63. The number of aryl methyl sites for hydroxylation is 3. The maximum absolute atomic E-state index is 12.3.